The molecule has 0 unspecified atom stereocenters. The maximum Gasteiger partial charge on any atom is 0.285 e. The fourth-order valence-corrected chi connectivity index (χ4v) is 2.18. The van der Waals surface area contributed by atoms with Crippen molar-refractivity contribution in [2.45, 2.75) is 26.8 Å². The first kappa shape index (κ1) is 13.6. The molecule has 1 atom stereocenters. The Morgan fingerprint density at radius 2 is 2.11 bits per heavy atom. The first-order chi connectivity index (χ1) is 9.00. The fraction of sp³-hybridized carbons (Fsp3) is 0.286. The lowest BCUT2D eigenvalue weighted by molar-refractivity contribution is 0.863. The number of hydrogen-bond acceptors (Lipinski definition) is 3. The molecular weight excluding hydrogens is 262 g/mol. The number of H-pyrrole nitrogens is 1. The van der Waals surface area contributed by atoms with Gasteiger partial charge in [-0.3, -0.25) is 4.79 Å². The average Bonchev–Trinajstić information content (AvgIpc) is 2.38. The zero-order valence-corrected chi connectivity index (χ0v) is 11.9. The number of rotatable bonds is 3. The van der Waals surface area contributed by atoms with Gasteiger partial charge in [-0.15, -0.1) is 0 Å². The molecule has 2 rings (SSSR count). The van der Waals surface area contributed by atoms with Crippen molar-refractivity contribution < 1.29 is 0 Å². The van der Waals surface area contributed by atoms with E-state index in [-0.39, 0.29) is 16.6 Å². The smallest absolute Gasteiger partial charge is 0.285 e. The zero-order chi connectivity index (χ0) is 14.0. The van der Waals surface area contributed by atoms with Crippen LogP contribution < -0.4 is 10.9 Å². The van der Waals surface area contributed by atoms with Crippen molar-refractivity contribution in [2.75, 3.05) is 5.32 Å². The maximum absolute atomic E-state index is 11.4. The summed E-state index contributed by atoms with van der Waals surface area (Å²) in [6.45, 7) is 6.19. The maximum atomic E-state index is 11.4. The summed E-state index contributed by atoms with van der Waals surface area (Å²) < 4.78 is 0. The van der Waals surface area contributed by atoms with E-state index in [1.807, 2.05) is 13.0 Å². The predicted molar refractivity (Wildman–Crippen MR) is 77.8 cm³/mol. The minimum absolute atomic E-state index is 0.0426. The lowest BCUT2D eigenvalue weighted by Gasteiger charge is -2.19. The Labute approximate surface area is 116 Å². The van der Waals surface area contributed by atoms with Crippen LogP contribution in [0.2, 0.25) is 5.02 Å². The van der Waals surface area contributed by atoms with Crippen LogP contribution in [0.1, 0.15) is 29.7 Å². The molecule has 1 aromatic carbocycles. The Hall–Kier alpha value is -1.81. The molecular formula is C14H16ClN3O. The molecule has 0 aliphatic heterocycles. The second kappa shape index (κ2) is 5.45. The Morgan fingerprint density at radius 1 is 1.37 bits per heavy atom. The van der Waals surface area contributed by atoms with Gasteiger partial charge in [0.2, 0.25) is 0 Å². The Balaban J connectivity index is 2.31. The molecule has 0 aliphatic rings. The van der Waals surface area contributed by atoms with Gasteiger partial charge in [-0.1, -0.05) is 29.8 Å². The normalized spacial score (nSPS) is 12.2. The molecule has 1 aromatic heterocycles. The second-order valence-electron chi connectivity index (χ2n) is 4.58. The SMILES string of the molecule is Cc1cccc([C@@H](C)Nc2cn[nH]c(=O)c2Cl)c1C. The molecule has 2 N–H and O–H groups in total. The van der Waals surface area contributed by atoms with Crippen LogP contribution in [0.3, 0.4) is 0 Å². The second-order valence-corrected chi connectivity index (χ2v) is 4.96. The van der Waals surface area contributed by atoms with Gasteiger partial charge in [0.1, 0.15) is 5.02 Å². The standard InChI is InChI=1S/C14H16ClN3O/c1-8-5-4-6-11(9(8)2)10(3)17-12-7-16-18-14(19)13(12)15/h4-7,10H,1-3H3,(H2,17,18,19)/t10-/m1/s1. The van der Waals surface area contributed by atoms with E-state index in [9.17, 15) is 4.79 Å². The molecule has 2 aromatic rings. The van der Waals surface area contributed by atoms with Gasteiger partial charge in [0.25, 0.3) is 5.56 Å². The highest BCUT2D eigenvalue weighted by Crippen LogP contribution is 2.25. The Kier molecular flexibility index (Phi) is 3.90. The quantitative estimate of drug-likeness (QED) is 0.906. The van der Waals surface area contributed by atoms with Crippen LogP contribution in [0.4, 0.5) is 5.69 Å². The van der Waals surface area contributed by atoms with Gasteiger partial charge in [0.15, 0.2) is 0 Å². The number of hydrogen-bond donors (Lipinski definition) is 2. The summed E-state index contributed by atoms with van der Waals surface area (Å²) in [4.78, 5) is 11.4. The topological polar surface area (TPSA) is 57.8 Å². The number of anilines is 1. The number of aromatic nitrogens is 2. The largest absolute Gasteiger partial charge is 0.376 e. The Bertz CT molecular complexity index is 651. The molecule has 0 saturated heterocycles. The predicted octanol–water partition coefficient (Wildman–Crippen LogP) is 3.21. The van der Waals surface area contributed by atoms with Crippen molar-refractivity contribution in [2.24, 2.45) is 0 Å². The summed E-state index contributed by atoms with van der Waals surface area (Å²) in [6, 6.07) is 6.20. The highest BCUT2D eigenvalue weighted by atomic mass is 35.5. The highest BCUT2D eigenvalue weighted by Gasteiger charge is 2.12. The molecule has 0 saturated carbocycles. The first-order valence-electron chi connectivity index (χ1n) is 6.06. The number of halogens is 1. The molecule has 0 amide bonds. The molecule has 0 radical (unpaired) electrons. The van der Waals surface area contributed by atoms with E-state index in [1.165, 1.54) is 22.9 Å². The summed E-state index contributed by atoms with van der Waals surface area (Å²) in [5.74, 6) is 0. The highest BCUT2D eigenvalue weighted by molar-refractivity contribution is 6.32. The number of benzene rings is 1. The van der Waals surface area contributed by atoms with E-state index in [4.69, 9.17) is 11.6 Å². The lowest BCUT2D eigenvalue weighted by Crippen LogP contribution is -2.14. The summed E-state index contributed by atoms with van der Waals surface area (Å²) in [7, 11) is 0. The molecule has 5 heteroatoms. The van der Waals surface area contributed by atoms with E-state index in [1.54, 1.807) is 0 Å². The third-order valence-electron chi connectivity index (χ3n) is 3.28. The number of nitrogens with zero attached hydrogens (tertiary/aromatic N) is 1. The molecule has 0 bridgehead atoms. The molecule has 4 nitrogen and oxygen atoms in total. The summed E-state index contributed by atoms with van der Waals surface area (Å²) >= 11 is 5.95. The van der Waals surface area contributed by atoms with Crippen LogP contribution in [0, 0.1) is 13.8 Å². The van der Waals surface area contributed by atoms with E-state index in [0.29, 0.717) is 5.69 Å². The van der Waals surface area contributed by atoms with Gasteiger partial charge in [0.05, 0.1) is 11.9 Å². The van der Waals surface area contributed by atoms with Crippen molar-refractivity contribution in [3.05, 3.63) is 56.5 Å². The van der Waals surface area contributed by atoms with Crippen LogP contribution in [-0.4, -0.2) is 10.2 Å². The molecule has 0 spiro atoms. The van der Waals surface area contributed by atoms with E-state index >= 15 is 0 Å². The van der Waals surface area contributed by atoms with Gasteiger partial charge >= 0.3 is 0 Å². The van der Waals surface area contributed by atoms with Crippen molar-refractivity contribution in [3.8, 4) is 0 Å². The van der Waals surface area contributed by atoms with Gasteiger partial charge in [-0.05, 0) is 37.5 Å². The third kappa shape index (κ3) is 2.79. The van der Waals surface area contributed by atoms with Crippen LogP contribution in [-0.2, 0) is 0 Å². The van der Waals surface area contributed by atoms with Crippen molar-refractivity contribution in [3.63, 3.8) is 0 Å². The molecule has 0 aliphatic carbocycles. The fourth-order valence-electron chi connectivity index (χ4n) is 2.04. The summed E-state index contributed by atoms with van der Waals surface area (Å²) in [5.41, 5.74) is 3.80. The van der Waals surface area contributed by atoms with E-state index in [0.717, 1.165) is 0 Å². The van der Waals surface area contributed by atoms with Gasteiger partial charge in [-0.2, -0.15) is 5.10 Å². The summed E-state index contributed by atoms with van der Waals surface area (Å²) in [5, 5.41) is 9.40. The zero-order valence-electron chi connectivity index (χ0n) is 11.1. The number of nitrogens with one attached hydrogen (secondary N) is 2. The van der Waals surface area contributed by atoms with Crippen molar-refractivity contribution in [1.82, 2.24) is 10.2 Å². The molecule has 0 fully saturated rings. The minimum Gasteiger partial charge on any atom is -0.376 e. The third-order valence-corrected chi connectivity index (χ3v) is 3.66. The molecule has 100 valence electrons. The van der Waals surface area contributed by atoms with Crippen molar-refractivity contribution >= 4 is 17.3 Å². The summed E-state index contributed by atoms with van der Waals surface area (Å²) in [6.07, 6.45) is 1.52. The Morgan fingerprint density at radius 3 is 2.84 bits per heavy atom. The van der Waals surface area contributed by atoms with E-state index in [2.05, 4.69) is 41.5 Å². The van der Waals surface area contributed by atoms with E-state index < -0.39 is 0 Å². The lowest BCUT2D eigenvalue weighted by atomic mass is 9.98. The minimum atomic E-state index is -0.389. The van der Waals surface area contributed by atoms with Crippen LogP contribution in [0.25, 0.3) is 0 Å². The van der Waals surface area contributed by atoms with Crippen LogP contribution >= 0.6 is 11.6 Å². The van der Waals surface area contributed by atoms with Gasteiger partial charge in [-0.25, -0.2) is 5.10 Å². The number of aromatic amines is 1. The molecule has 19 heavy (non-hydrogen) atoms. The van der Waals surface area contributed by atoms with Crippen LogP contribution in [0.15, 0.2) is 29.2 Å². The molecule has 1 heterocycles. The monoisotopic (exact) mass is 277 g/mol. The van der Waals surface area contributed by atoms with Crippen molar-refractivity contribution in [1.29, 1.82) is 0 Å². The van der Waals surface area contributed by atoms with Gasteiger partial charge < -0.3 is 5.32 Å². The van der Waals surface area contributed by atoms with Crippen LogP contribution in [0.5, 0.6) is 0 Å². The van der Waals surface area contributed by atoms with Gasteiger partial charge in [0, 0.05) is 6.04 Å². The number of aryl methyl sites for hydroxylation is 1. The first-order valence-corrected chi connectivity index (χ1v) is 6.44. The average molecular weight is 278 g/mol.